The van der Waals surface area contributed by atoms with E-state index in [4.69, 9.17) is 5.11 Å². The summed E-state index contributed by atoms with van der Waals surface area (Å²) in [6.07, 6.45) is 1.36. The van der Waals surface area contributed by atoms with Crippen LogP contribution in [0.25, 0.3) is 0 Å². The van der Waals surface area contributed by atoms with E-state index in [1.165, 1.54) is 0 Å². The van der Waals surface area contributed by atoms with E-state index in [0.717, 1.165) is 0 Å². The van der Waals surface area contributed by atoms with Crippen molar-refractivity contribution in [3.05, 3.63) is 0 Å². The first-order valence-corrected chi connectivity index (χ1v) is 5.37. The zero-order chi connectivity index (χ0) is 8.85. The van der Waals surface area contributed by atoms with Crippen molar-refractivity contribution < 1.29 is 9.32 Å². The lowest BCUT2D eigenvalue weighted by Crippen LogP contribution is -2.32. The molecule has 3 unspecified atom stereocenters. The van der Waals surface area contributed by atoms with Gasteiger partial charge in [-0.3, -0.25) is 4.21 Å². The van der Waals surface area contributed by atoms with E-state index in [1.54, 1.807) is 13.2 Å². The Balaban J connectivity index is 3.31. The number of hydrogen-bond donors (Lipinski definition) is 2. The number of aliphatic hydroxyl groups is 1. The molecule has 0 aliphatic carbocycles. The van der Waals surface area contributed by atoms with E-state index in [9.17, 15) is 4.21 Å². The van der Waals surface area contributed by atoms with E-state index >= 15 is 0 Å². The molecule has 3 atom stereocenters. The van der Waals surface area contributed by atoms with Crippen LogP contribution in [-0.2, 0) is 10.8 Å². The monoisotopic (exact) mass is 179 g/mol. The van der Waals surface area contributed by atoms with Gasteiger partial charge in [0.2, 0.25) is 0 Å². The Bertz CT molecular complexity index is 128. The van der Waals surface area contributed by atoms with Crippen LogP contribution < -0.4 is 5.32 Å². The maximum absolute atomic E-state index is 10.8. The summed E-state index contributed by atoms with van der Waals surface area (Å²) in [4.78, 5) is 0. The molecule has 0 aromatic heterocycles. The summed E-state index contributed by atoms with van der Waals surface area (Å²) in [6, 6.07) is 0. The number of nitrogens with one attached hydrogen (secondary N) is 1. The van der Waals surface area contributed by atoms with Gasteiger partial charge in [0.15, 0.2) is 0 Å². The molecule has 0 aliphatic rings. The maximum Gasteiger partial charge on any atom is 0.0636 e. The van der Waals surface area contributed by atoms with Crippen LogP contribution in [-0.4, -0.2) is 40.0 Å². The van der Waals surface area contributed by atoms with Gasteiger partial charge >= 0.3 is 0 Å². The van der Waals surface area contributed by atoms with Crippen molar-refractivity contribution >= 4 is 10.8 Å². The Morgan fingerprint density at radius 3 is 2.36 bits per heavy atom. The molecule has 0 saturated carbocycles. The van der Waals surface area contributed by atoms with Crippen LogP contribution in [0.5, 0.6) is 0 Å². The Kier molecular flexibility index (Phi) is 5.72. The first-order valence-electron chi connectivity index (χ1n) is 3.75. The lowest BCUT2D eigenvalue weighted by atomic mass is 10.4. The molecule has 11 heavy (non-hydrogen) atoms. The van der Waals surface area contributed by atoms with Gasteiger partial charge in [-0.15, -0.1) is 0 Å². The molecule has 0 bridgehead atoms. The fourth-order valence-electron chi connectivity index (χ4n) is 0.613. The summed E-state index contributed by atoms with van der Waals surface area (Å²) >= 11 is 0. The lowest BCUT2D eigenvalue weighted by Gasteiger charge is -2.10. The van der Waals surface area contributed by atoms with Crippen LogP contribution in [0.3, 0.4) is 0 Å². The van der Waals surface area contributed by atoms with Gasteiger partial charge < -0.3 is 10.4 Å². The standard InChI is InChI=1S/C7H17NO2S/c1-6(9)4-8-5-7(2)11(3)10/h6-9H,4-5H2,1-3H3. The molecule has 0 spiro atoms. The van der Waals surface area contributed by atoms with Gasteiger partial charge in [0.05, 0.1) is 6.10 Å². The molecule has 3 nitrogen and oxygen atoms in total. The molecule has 0 radical (unpaired) electrons. The van der Waals surface area contributed by atoms with Gasteiger partial charge in [-0.05, 0) is 13.8 Å². The molecule has 0 saturated heterocycles. The second-order valence-electron chi connectivity index (χ2n) is 2.82. The molecule has 0 fully saturated rings. The van der Waals surface area contributed by atoms with Crippen LogP contribution >= 0.6 is 0 Å². The molecule has 0 aromatic rings. The van der Waals surface area contributed by atoms with Crippen molar-refractivity contribution in [2.24, 2.45) is 0 Å². The van der Waals surface area contributed by atoms with Crippen molar-refractivity contribution in [2.75, 3.05) is 19.3 Å². The average molecular weight is 179 g/mol. The van der Waals surface area contributed by atoms with Gasteiger partial charge in [-0.2, -0.15) is 0 Å². The number of hydrogen-bond acceptors (Lipinski definition) is 3. The Hall–Kier alpha value is 0.0700. The first kappa shape index (κ1) is 11.1. The number of aliphatic hydroxyl groups excluding tert-OH is 1. The highest BCUT2D eigenvalue weighted by Crippen LogP contribution is 1.89. The zero-order valence-electron chi connectivity index (χ0n) is 7.33. The predicted octanol–water partition coefficient (Wildman–Crippen LogP) is -0.276. The molecular formula is C7H17NO2S. The third kappa shape index (κ3) is 6.47. The van der Waals surface area contributed by atoms with Crippen molar-refractivity contribution in [1.82, 2.24) is 5.32 Å². The van der Waals surface area contributed by atoms with E-state index in [0.29, 0.717) is 13.1 Å². The molecule has 0 rings (SSSR count). The topological polar surface area (TPSA) is 49.3 Å². The van der Waals surface area contributed by atoms with E-state index in [1.807, 2.05) is 6.92 Å². The molecule has 68 valence electrons. The van der Waals surface area contributed by atoms with E-state index in [-0.39, 0.29) is 11.4 Å². The van der Waals surface area contributed by atoms with Gasteiger partial charge in [-0.1, -0.05) is 0 Å². The van der Waals surface area contributed by atoms with Crippen LogP contribution in [0.2, 0.25) is 0 Å². The smallest absolute Gasteiger partial charge is 0.0636 e. The predicted molar refractivity (Wildman–Crippen MR) is 48.1 cm³/mol. The second-order valence-corrected chi connectivity index (χ2v) is 4.62. The molecule has 4 heteroatoms. The van der Waals surface area contributed by atoms with Gasteiger partial charge in [-0.25, -0.2) is 0 Å². The summed E-state index contributed by atoms with van der Waals surface area (Å²) in [5.74, 6) is 0. The van der Waals surface area contributed by atoms with Gasteiger partial charge in [0, 0.05) is 35.4 Å². The van der Waals surface area contributed by atoms with E-state index < -0.39 is 10.8 Å². The van der Waals surface area contributed by atoms with Crippen LogP contribution in [0.15, 0.2) is 0 Å². The minimum Gasteiger partial charge on any atom is -0.392 e. The zero-order valence-corrected chi connectivity index (χ0v) is 8.15. The normalized spacial score (nSPS) is 19.3. The Morgan fingerprint density at radius 1 is 1.45 bits per heavy atom. The third-order valence-corrected chi connectivity index (χ3v) is 2.74. The Morgan fingerprint density at radius 2 is 2.00 bits per heavy atom. The molecule has 0 heterocycles. The highest BCUT2D eigenvalue weighted by Gasteiger charge is 2.04. The second kappa shape index (κ2) is 5.69. The maximum atomic E-state index is 10.8. The molecular weight excluding hydrogens is 162 g/mol. The lowest BCUT2D eigenvalue weighted by molar-refractivity contribution is 0.191. The molecule has 0 amide bonds. The number of rotatable bonds is 5. The van der Waals surface area contributed by atoms with Gasteiger partial charge in [0.1, 0.15) is 0 Å². The molecule has 0 aliphatic heterocycles. The van der Waals surface area contributed by atoms with Crippen LogP contribution in [0.1, 0.15) is 13.8 Å². The largest absolute Gasteiger partial charge is 0.392 e. The minimum atomic E-state index is -0.769. The fourth-order valence-corrected chi connectivity index (χ4v) is 0.965. The van der Waals surface area contributed by atoms with E-state index in [2.05, 4.69) is 5.32 Å². The van der Waals surface area contributed by atoms with Crippen molar-refractivity contribution in [3.63, 3.8) is 0 Å². The highest BCUT2D eigenvalue weighted by molar-refractivity contribution is 7.84. The molecule has 2 N–H and O–H groups in total. The van der Waals surface area contributed by atoms with Crippen LogP contribution in [0.4, 0.5) is 0 Å². The Labute approximate surface area is 70.6 Å². The van der Waals surface area contributed by atoms with Crippen molar-refractivity contribution in [3.8, 4) is 0 Å². The summed E-state index contributed by atoms with van der Waals surface area (Å²) < 4.78 is 10.8. The van der Waals surface area contributed by atoms with Crippen molar-refractivity contribution in [1.29, 1.82) is 0 Å². The minimum absolute atomic E-state index is 0.161. The highest BCUT2D eigenvalue weighted by atomic mass is 32.2. The SMILES string of the molecule is CC(O)CNCC(C)S(C)=O. The van der Waals surface area contributed by atoms with Crippen molar-refractivity contribution in [2.45, 2.75) is 25.2 Å². The molecule has 0 aromatic carbocycles. The summed E-state index contributed by atoms with van der Waals surface area (Å²) in [5.41, 5.74) is 0. The summed E-state index contributed by atoms with van der Waals surface area (Å²) in [5, 5.41) is 12.0. The van der Waals surface area contributed by atoms with Gasteiger partial charge in [0.25, 0.3) is 0 Å². The quantitative estimate of drug-likeness (QED) is 0.610. The average Bonchev–Trinajstić information content (AvgIpc) is 1.86. The summed E-state index contributed by atoms with van der Waals surface area (Å²) in [7, 11) is -0.769. The van der Waals surface area contributed by atoms with Crippen LogP contribution in [0, 0.1) is 0 Å². The summed E-state index contributed by atoms with van der Waals surface area (Å²) in [6.45, 7) is 4.92. The fraction of sp³-hybridized carbons (Fsp3) is 1.00. The third-order valence-electron chi connectivity index (χ3n) is 1.44. The first-order chi connectivity index (χ1) is 5.04.